The Balaban J connectivity index is 1.78. The Kier molecular flexibility index (Phi) is 5.69. The van der Waals surface area contributed by atoms with Crippen LogP contribution in [0.15, 0.2) is 17.4 Å². The fraction of sp³-hybridized carbons (Fsp3) is 0.692. The summed E-state index contributed by atoms with van der Waals surface area (Å²) in [5, 5.41) is 4.03. The molecule has 1 N–H and O–H groups in total. The first-order valence-electron chi connectivity index (χ1n) is 6.94. The van der Waals surface area contributed by atoms with Gasteiger partial charge in [0.25, 0.3) is 0 Å². The monoisotopic (exact) mass is 320 g/mol. The van der Waals surface area contributed by atoms with Crippen LogP contribution >= 0.6 is 11.8 Å². The molecule has 2 rings (SSSR count). The number of aromatic nitrogens is 2. The quantitative estimate of drug-likeness (QED) is 0.816. The second-order valence-corrected chi connectivity index (χ2v) is 6.35. The molecule has 8 heteroatoms. The molecule has 1 atom stereocenters. The molecular weight excluding hydrogens is 301 g/mol. The summed E-state index contributed by atoms with van der Waals surface area (Å²) < 4.78 is 37.0. The lowest BCUT2D eigenvalue weighted by Gasteiger charge is -2.18. The number of halogens is 3. The van der Waals surface area contributed by atoms with Crippen LogP contribution in [-0.4, -0.2) is 53.0 Å². The van der Waals surface area contributed by atoms with Crippen molar-refractivity contribution < 1.29 is 13.2 Å². The van der Waals surface area contributed by atoms with Gasteiger partial charge in [0.15, 0.2) is 0 Å². The largest absolute Gasteiger partial charge is 0.401 e. The highest BCUT2D eigenvalue weighted by Crippen LogP contribution is 2.23. The number of hydrogen-bond acceptors (Lipinski definition) is 5. The molecule has 1 aromatic rings. The average Bonchev–Trinajstić information content (AvgIpc) is 2.83. The Morgan fingerprint density at radius 3 is 2.95 bits per heavy atom. The van der Waals surface area contributed by atoms with E-state index in [0.29, 0.717) is 25.5 Å². The van der Waals surface area contributed by atoms with Crippen LogP contribution in [0.5, 0.6) is 0 Å². The minimum absolute atomic E-state index is 0.219. The van der Waals surface area contributed by atoms with Crippen LogP contribution in [0.2, 0.25) is 0 Å². The van der Waals surface area contributed by atoms with Crippen LogP contribution in [0.4, 0.5) is 19.0 Å². The molecule has 21 heavy (non-hydrogen) atoms. The van der Waals surface area contributed by atoms with Gasteiger partial charge < -0.3 is 5.32 Å². The van der Waals surface area contributed by atoms with Crippen molar-refractivity contribution >= 4 is 17.6 Å². The van der Waals surface area contributed by atoms with E-state index in [4.69, 9.17) is 0 Å². The Morgan fingerprint density at radius 1 is 1.43 bits per heavy atom. The van der Waals surface area contributed by atoms with Crippen molar-refractivity contribution in [3.05, 3.63) is 12.4 Å². The van der Waals surface area contributed by atoms with E-state index in [1.807, 2.05) is 6.92 Å². The predicted octanol–water partition coefficient (Wildman–Crippen LogP) is 2.88. The smallest absolute Gasteiger partial charge is 0.368 e. The normalized spacial score (nSPS) is 19.9. The highest BCUT2D eigenvalue weighted by Gasteiger charge is 2.34. The molecular formula is C13H19F3N4S. The first-order valence-corrected chi connectivity index (χ1v) is 7.92. The lowest BCUT2D eigenvalue weighted by molar-refractivity contribution is -0.143. The second kappa shape index (κ2) is 7.31. The van der Waals surface area contributed by atoms with Crippen LogP contribution in [0.3, 0.4) is 0 Å². The van der Waals surface area contributed by atoms with Gasteiger partial charge in [0.05, 0.1) is 18.9 Å². The number of hydrogen-bond donors (Lipinski definition) is 1. The van der Waals surface area contributed by atoms with E-state index in [9.17, 15) is 13.2 Å². The summed E-state index contributed by atoms with van der Waals surface area (Å²) in [4.78, 5) is 9.96. The maximum atomic E-state index is 12.3. The SMILES string of the molecule is CCSc1cncc(NC[C@H]2CCN(CC(F)(F)F)C2)n1. The van der Waals surface area contributed by atoms with E-state index in [1.165, 1.54) is 4.90 Å². The molecule has 1 fully saturated rings. The molecule has 118 valence electrons. The molecule has 0 aromatic carbocycles. The lowest BCUT2D eigenvalue weighted by atomic mass is 10.1. The third kappa shape index (κ3) is 5.70. The molecule has 4 nitrogen and oxygen atoms in total. The van der Waals surface area contributed by atoms with E-state index in [2.05, 4.69) is 15.3 Å². The van der Waals surface area contributed by atoms with E-state index in [0.717, 1.165) is 17.2 Å². The summed E-state index contributed by atoms with van der Waals surface area (Å²) in [5.41, 5.74) is 0. The van der Waals surface area contributed by atoms with Crippen molar-refractivity contribution in [3.63, 3.8) is 0 Å². The maximum Gasteiger partial charge on any atom is 0.401 e. The lowest BCUT2D eigenvalue weighted by Crippen LogP contribution is -2.33. The predicted molar refractivity (Wildman–Crippen MR) is 77.5 cm³/mol. The van der Waals surface area contributed by atoms with Crippen LogP contribution < -0.4 is 5.32 Å². The fourth-order valence-electron chi connectivity index (χ4n) is 2.38. The molecule has 0 saturated carbocycles. The summed E-state index contributed by atoms with van der Waals surface area (Å²) in [7, 11) is 0. The fourth-order valence-corrected chi connectivity index (χ4v) is 2.97. The zero-order valence-electron chi connectivity index (χ0n) is 11.9. The molecule has 0 bridgehead atoms. The van der Waals surface area contributed by atoms with Crippen LogP contribution in [-0.2, 0) is 0 Å². The summed E-state index contributed by atoms with van der Waals surface area (Å²) in [6.45, 7) is 2.84. The molecule has 0 aliphatic carbocycles. The van der Waals surface area contributed by atoms with Crippen molar-refractivity contribution in [2.75, 3.05) is 37.2 Å². The third-order valence-corrected chi connectivity index (χ3v) is 4.03. The van der Waals surface area contributed by atoms with Gasteiger partial charge in [-0.15, -0.1) is 11.8 Å². The maximum absolute atomic E-state index is 12.3. The molecule has 1 aromatic heterocycles. The molecule has 2 heterocycles. The summed E-state index contributed by atoms with van der Waals surface area (Å²) in [5.74, 6) is 1.83. The van der Waals surface area contributed by atoms with Gasteiger partial charge in [-0.1, -0.05) is 6.92 Å². The van der Waals surface area contributed by atoms with Gasteiger partial charge in [-0.2, -0.15) is 13.2 Å². The van der Waals surface area contributed by atoms with Gasteiger partial charge in [0.1, 0.15) is 10.8 Å². The van der Waals surface area contributed by atoms with Crippen molar-refractivity contribution in [1.82, 2.24) is 14.9 Å². The molecule has 1 saturated heterocycles. The molecule has 1 aliphatic rings. The first kappa shape index (κ1) is 16.4. The van der Waals surface area contributed by atoms with Crippen LogP contribution in [0.1, 0.15) is 13.3 Å². The number of alkyl halides is 3. The van der Waals surface area contributed by atoms with Crippen molar-refractivity contribution in [3.8, 4) is 0 Å². The Labute approximate surface area is 126 Å². The Morgan fingerprint density at radius 2 is 2.24 bits per heavy atom. The van der Waals surface area contributed by atoms with Crippen LogP contribution in [0, 0.1) is 5.92 Å². The van der Waals surface area contributed by atoms with Gasteiger partial charge in [-0.3, -0.25) is 9.88 Å². The number of likely N-dealkylation sites (tertiary alicyclic amines) is 1. The van der Waals surface area contributed by atoms with Gasteiger partial charge >= 0.3 is 6.18 Å². The van der Waals surface area contributed by atoms with E-state index < -0.39 is 12.7 Å². The Hall–Kier alpha value is -1.02. The number of anilines is 1. The molecule has 0 radical (unpaired) electrons. The summed E-state index contributed by atoms with van der Waals surface area (Å²) in [6, 6.07) is 0. The molecule has 0 unspecified atom stereocenters. The summed E-state index contributed by atoms with van der Waals surface area (Å²) >= 11 is 1.61. The van der Waals surface area contributed by atoms with Crippen molar-refractivity contribution in [1.29, 1.82) is 0 Å². The number of nitrogens with zero attached hydrogens (tertiary/aromatic N) is 3. The van der Waals surface area contributed by atoms with E-state index in [1.54, 1.807) is 24.2 Å². The number of thioether (sulfide) groups is 1. The van der Waals surface area contributed by atoms with Gasteiger partial charge in [0, 0.05) is 13.1 Å². The van der Waals surface area contributed by atoms with E-state index in [-0.39, 0.29) is 5.92 Å². The second-order valence-electron chi connectivity index (χ2n) is 5.06. The standard InChI is InChI=1S/C13H19F3N4S/c1-2-21-12-7-17-6-11(19-12)18-5-10-3-4-20(8-10)9-13(14,15)16/h6-7,10H,2-5,8-9H2,1H3,(H,18,19)/t10-/m1/s1. The zero-order chi connectivity index (χ0) is 15.3. The van der Waals surface area contributed by atoms with Crippen molar-refractivity contribution in [2.24, 2.45) is 5.92 Å². The topological polar surface area (TPSA) is 41.1 Å². The minimum atomic E-state index is -4.11. The summed E-state index contributed by atoms with van der Waals surface area (Å²) in [6.07, 6.45) is 0.0154. The van der Waals surface area contributed by atoms with Gasteiger partial charge in [-0.05, 0) is 24.6 Å². The molecule has 0 amide bonds. The van der Waals surface area contributed by atoms with Gasteiger partial charge in [0.2, 0.25) is 0 Å². The molecule has 0 spiro atoms. The number of nitrogens with one attached hydrogen (secondary N) is 1. The van der Waals surface area contributed by atoms with Crippen molar-refractivity contribution in [2.45, 2.75) is 24.5 Å². The molecule has 1 aliphatic heterocycles. The zero-order valence-corrected chi connectivity index (χ0v) is 12.7. The highest BCUT2D eigenvalue weighted by molar-refractivity contribution is 7.99. The Bertz CT molecular complexity index is 455. The van der Waals surface area contributed by atoms with Crippen LogP contribution in [0.25, 0.3) is 0 Å². The average molecular weight is 320 g/mol. The van der Waals surface area contributed by atoms with Gasteiger partial charge in [-0.25, -0.2) is 4.98 Å². The van der Waals surface area contributed by atoms with E-state index >= 15 is 0 Å². The number of rotatable bonds is 6. The first-order chi connectivity index (χ1) is 9.96. The highest BCUT2D eigenvalue weighted by atomic mass is 32.2. The minimum Gasteiger partial charge on any atom is -0.368 e. The third-order valence-electron chi connectivity index (χ3n) is 3.25.